The van der Waals surface area contributed by atoms with E-state index in [1.54, 1.807) is 0 Å². The van der Waals surface area contributed by atoms with Crippen molar-refractivity contribution in [1.82, 2.24) is 0 Å². The number of ether oxygens (including phenoxy) is 3. The summed E-state index contributed by atoms with van der Waals surface area (Å²) in [6.07, 6.45) is 0. The third kappa shape index (κ3) is 10.9. The number of carbonyl (C=O) groups excluding carboxylic acids is 2. The minimum absolute atomic E-state index is 0.844. The fourth-order valence-corrected chi connectivity index (χ4v) is 0.371. The van der Waals surface area contributed by atoms with E-state index in [9.17, 15) is 9.59 Å². The highest BCUT2D eigenvalue weighted by atomic mass is 16.6. The van der Waals surface area contributed by atoms with Gasteiger partial charge in [-0.1, -0.05) is 0 Å². The van der Waals surface area contributed by atoms with Crippen LogP contribution in [0.15, 0.2) is 0 Å². The monoisotopic (exact) mass is 192 g/mol. The molecule has 0 spiro atoms. The van der Waals surface area contributed by atoms with Gasteiger partial charge in [0.25, 0.3) is 0 Å². The number of carbonyl (C=O) groups is 2. The van der Waals surface area contributed by atoms with E-state index >= 15 is 0 Å². The first-order valence-corrected chi connectivity index (χ1v) is 3.87. The van der Waals surface area contributed by atoms with E-state index < -0.39 is 11.9 Å². The lowest BCUT2D eigenvalue weighted by molar-refractivity contribution is -0.164. The average Bonchev–Trinajstić information content (AvgIpc) is 2.17. The zero-order chi connectivity index (χ0) is 10.7. The Morgan fingerprint density at radius 1 is 0.923 bits per heavy atom. The van der Waals surface area contributed by atoms with Crippen LogP contribution in [0.4, 0.5) is 0 Å². The Morgan fingerprint density at radius 3 is 1.31 bits per heavy atom. The zero-order valence-corrected chi connectivity index (χ0v) is 8.46. The van der Waals surface area contributed by atoms with E-state index in [0.717, 1.165) is 27.4 Å². The highest BCUT2D eigenvalue weighted by Gasteiger charge is 2.11. The SMILES string of the molecule is CCOCC.COC(=O)C(=O)OC. The van der Waals surface area contributed by atoms with Crippen molar-refractivity contribution in [1.29, 1.82) is 0 Å². The number of esters is 2. The lowest BCUT2D eigenvalue weighted by atomic mass is 10.7. The van der Waals surface area contributed by atoms with E-state index in [2.05, 4.69) is 9.47 Å². The van der Waals surface area contributed by atoms with Crippen molar-refractivity contribution in [3.8, 4) is 0 Å². The third-order valence-electron chi connectivity index (χ3n) is 0.946. The molecule has 0 bridgehead atoms. The summed E-state index contributed by atoms with van der Waals surface area (Å²) in [5, 5.41) is 0. The fraction of sp³-hybridized carbons (Fsp3) is 0.750. The number of rotatable bonds is 2. The van der Waals surface area contributed by atoms with Gasteiger partial charge < -0.3 is 14.2 Å². The molecule has 0 saturated carbocycles. The van der Waals surface area contributed by atoms with Crippen molar-refractivity contribution in [2.75, 3.05) is 27.4 Å². The summed E-state index contributed by atoms with van der Waals surface area (Å²) >= 11 is 0. The first kappa shape index (κ1) is 14.4. The topological polar surface area (TPSA) is 61.8 Å². The van der Waals surface area contributed by atoms with E-state index in [-0.39, 0.29) is 0 Å². The second-order valence-corrected chi connectivity index (χ2v) is 1.76. The quantitative estimate of drug-likeness (QED) is 0.467. The van der Waals surface area contributed by atoms with E-state index in [4.69, 9.17) is 4.74 Å². The molecule has 0 heterocycles. The molecule has 0 N–H and O–H groups in total. The fourth-order valence-electron chi connectivity index (χ4n) is 0.371. The molecule has 0 aliphatic rings. The molecule has 0 radical (unpaired) electrons. The predicted octanol–water partition coefficient (Wildman–Crippen LogP) is 0.375. The largest absolute Gasteiger partial charge is 0.461 e. The molecular weight excluding hydrogens is 176 g/mol. The molecule has 5 nitrogen and oxygen atoms in total. The molecule has 0 fully saturated rings. The van der Waals surface area contributed by atoms with Gasteiger partial charge in [0.15, 0.2) is 0 Å². The molecule has 78 valence electrons. The molecule has 0 atom stereocenters. The molecule has 0 aliphatic heterocycles. The van der Waals surface area contributed by atoms with Crippen molar-refractivity contribution < 1.29 is 23.8 Å². The molecule has 0 aromatic heterocycles. The van der Waals surface area contributed by atoms with Gasteiger partial charge in [0.1, 0.15) is 0 Å². The molecule has 0 amide bonds. The molecule has 0 rings (SSSR count). The minimum Gasteiger partial charge on any atom is -0.461 e. The minimum atomic E-state index is -0.979. The average molecular weight is 192 g/mol. The maximum Gasteiger partial charge on any atom is 0.417 e. The van der Waals surface area contributed by atoms with E-state index in [1.165, 1.54) is 0 Å². The Labute approximate surface area is 78.0 Å². The molecule has 13 heavy (non-hydrogen) atoms. The smallest absolute Gasteiger partial charge is 0.417 e. The van der Waals surface area contributed by atoms with Crippen LogP contribution in [0.2, 0.25) is 0 Å². The summed E-state index contributed by atoms with van der Waals surface area (Å²) in [6, 6.07) is 0. The van der Waals surface area contributed by atoms with Gasteiger partial charge >= 0.3 is 11.9 Å². The van der Waals surface area contributed by atoms with Crippen LogP contribution in [-0.2, 0) is 23.8 Å². The van der Waals surface area contributed by atoms with Crippen LogP contribution in [0, 0.1) is 0 Å². The summed E-state index contributed by atoms with van der Waals surface area (Å²) in [4.78, 5) is 20.1. The van der Waals surface area contributed by atoms with Gasteiger partial charge in [-0.3, -0.25) is 0 Å². The molecule has 0 saturated heterocycles. The Bertz CT molecular complexity index is 127. The van der Waals surface area contributed by atoms with Crippen LogP contribution in [0.5, 0.6) is 0 Å². The maximum atomic E-state index is 10.0. The van der Waals surface area contributed by atoms with E-state index in [0.29, 0.717) is 0 Å². The Kier molecular flexibility index (Phi) is 12.1. The molecule has 0 aliphatic carbocycles. The number of methoxy groups -OCH3 is 2. The van der Waals surface area contributed by atoms with Crippen LogP contribution in [0.1, 0.15) is 13.8 Å². The van der Waals surface area contributed by atoms with Crippen molar-refractivity contribution in [2.24, 2.45) is 0 Å². The van der Waals surface area contributed by atoms with Crippen LogP contribution in [0.25, 0.3) is 0 Å². The van der Waals surface area contributed by atoms with Gasteiger partial charge in [0, 0.05) is 13.2 Å². The van der Waals surface area contributed by atoms with Gasteiger partial charge in [-0.05, 0) is 13.8 Å². The van der Waals surface area contributed by atoms with Crippen LogP contribution in [-0.4, -0.2) is 39.4 Å². The Balaban J connectivity index is 0. The van der Waals surface area contributed by atoms with Crippen molar-refractivity contribution in [2.45, 2.75) is 13.8 Å². The highest BCUT2D eigenvalue weighted by molar-refractivity contribution is 6.29. The molecule has 0 aromatic rings. The van der Waals surface area contributed by atoms with Gasteiger partial charge in [-0.15, -0.1) is 0 Å². The van der Waals surface area contributed by atoms with Crippen molar-refractivity contribution >= 4 is 11.9 Å². The molecule has 0 aromatic carbocycles. The molecular formula is C8H16O5. The van der Waals surface area contributed by atoms with Crippen molar-refractivity contribution in [3.05, 3.63) is 0 Å². The van der Waals surface area contributed by atoms with Crippen LogP contribution >= 0.6 is 0 Å². The first-order chi connectivity index (χ1) is 6.13. The maximum absolute atomic E-state index is 10.0. The predicted molar refractivity (Wildman–Crippen MR) is 46.2 cm³/mol. The lowest BCUT2D eigenvalue weighted by Gasteiger charge is -1.92. The van der Waals surface area contributed by atoms with Gasteiger partial charge in [0.2, 0.25) is 0 Å². The van der Waals surface area contributed by atoms with Gasteiger partial charge in [0.05, 0.1) is 14.2 Å². The Hall–Kier alpha value is -1.10. The van der Waals surface area contributed by atoms with Gasteiger partial charge in [-0.25, -0.2) is 9.59 Å². The standard InChI is InChI=1S/C4H6O4.C4H10O/c1-7-3(5)4(6)8-2;1-3-5-4-2/h1-2H3;3-4H2,1-2H3. The lowest BCUT2D eigenvalue weighted by Crippen LogP contribution is -2.16. The number of hydrogen-bond acceptors (Lipinski definition) is 5. The summed E-state index contributed by atoms with van der Waals surface area (Å²) in [5.41, 5.74) is 0. The van der Waals surface area contributed by atoms with Crippen molar-refractivity contribution in [3.63, 3.8) is 0 Å². The van der Waals surface area contributed by atoms with Gasteiger partial charge in [-0.2, -0.15) is 0 Å². The summed E-state index contributed by atoms with van der Waals surface area (Å²) in [5.74, 6) is -1.96. The van der Waals surface area contributed by atoms with Crippen LogP contribution in [0.3, 0.4) is 0 Å². The molecule has 5 heteroatoms. The molecule has 0 unspecified atom stereocenters. The highest BCUT2D eigenvalue weighted by Crippen LogP contribution is 1.75. The second kappa shape index (κ2) is 10.9. The summed E-state index contributed by atoms with van der Waals surface area (Å²) in [7, 11) is 2.22. The summed E-state index contributed by atoms with van der Waals surface area (Å²) < 4.78 is 12.8. The number of hydrogen-bond donors (Lipinski definition) is 0. The third-order valence-corrected chi connectivity index (χ3v) is 0.946. The zero-order valence-electron chi connectivity index (χ0n) is 8.46. The first-order valence-electron chi connectivity index (χ1n) is 3.87. The normalized spacial score (nSPS) is 8.00. The second-order valence-electron chi connectivity index (χ2n) is 1.76. The summed E-state index contributed by atoms with van der Waals surface area (Å²) in [6.45, 7) is 5.67. The van der Waals surface area contributed by atoms with Crippen LogP contribution < -0.4 is 0 Å². The Morgan fingerprint density at radius 2 is 1.23 bits per heavy atom. The van der Waals surface area contributed by atoms with E-state index in [1.807, 2.05) is 13.8 Å².